The van der Waals surface area contributed by atoms with Crippen molar-refractivity contribution < 1.29 is 14.5 Å². The van der Waals surface area contributed by atoms with Gasteiger partial charge in [0, 0.05) is 22.8 Å². The van der Waals surface area contributed by atoms with E-state index in [4.69, 9.17) is 16.3 Å². The molecular formula is C17H14ClN3O4S2. The number of ether oxygens (including phenoxy) is 1. The maximum absolute atomic E-state index is 12.3. The largest absolute Gasteiger partial charge is 0.490 e. The summed E-state index contributed by atoms with van der Waals surface area (Å²) in [7, 11) is 1.35. The van der Waals surface area contributed by atoms with Gasteiger partial charge in [0.2, 0.25) is 5.91 Å². The Kier molecular flexibility index (Phi) is 5.83. The Hall–Kier alpha value is -2.36. The highest BCUT2D eigenvalue weighted by Gasteiger charge is 2.18. The molecule has 0 saturated heterocycles. The highest BCUT2D eigenvalue weighted by molar-refractivity contribution is 8.01. The summed E-state index contributed by atoms with van der Waals surface area (Å²) in [6, 6.07) is 8.30. The minimum Gasteiger partial charge on any atom is -0.490 e. The van der Waals surface area contributed by atoms with E-state index >= 15 is 0 Å². The molecule has 0 aliphatic carbocycles. The van der Waals surface area contributed by atoms with Crippen LogP contribution in [0.1, 0.15) is 5.56 Å². The van der Waals surface area contributed by atoms with E-state index in [1.54, 1.807) is 19.1 Å². The van der Waals surface area contributed by atoms with Gasteiger partial charge in [-0.2, -0.15) is 0 Å². The molecule has 1 heterocycles. The van der Waals surface area contributed by atoms with Crippen LogP contribution < -0.4 is 10.1 Å². The van der Waals surface area contributed by atoms with Crippen molar-refractivity contribution in [3.63, 3.8) is 0 Å². The van der Waals surface area contributed by atoms with Crippen molar-refractivity contribution in [2.45, 2.75) is 11.3 Å². The Morgan fingerprint density at radius 2 is 2.19 bits per heavy atom. The number of anilines is 1. The smallest absolute Gasteiger partial charge is 0.311 e. The molecule has 0 fully saturated rings. The number of thioether (sulfide) groups is 1. The molecule has 10 heteroatoms. The number of methoxy groups -OCH3 is 1. The molecule has 0 aliphatic heterocycles. The maximum Gasteiger partial charge on any atom is 0.311 e. The summed E-state index contributed by atoms with van der Waals surface area (Å²) >= 11 is 8.76. The third-order valence-corrected chi connectivity index (χ3v) is 6.07. The molecular weight excluding hydrogens is 410 g/mol. The first-order valence-electron chi connectivity index (χ1n) is 7.69. The van der Waals surface area contributed by atoms with Crippen LogP contribution in [0.3, 0.4) is 0 Å². The summed E-state index contributed by atoms with van der Waals surface area (Å²) in [5, 5.41) is 14.4. The van der Waals surface area contributed by atoms with Gasteiger partial charge in [-0.3, -0.25) is 14.9 Å². The van der Waals surface area contributed by atoms with E-state index in [9.17, 15) is 14.9 Å². The van der Waals surface area contributed by atoms with Gasteiger partial charge < -0.3 is 10.1 Å². The Bertz CT molecular complexity index is 1040. The molecule has 3 rings (SSSR count). The number of aryl methyl sites for hydroxylation is 1. The Morgan fingerprint density at radius 3 is 2.89 bits per heavy atom. The van der Waals surface area contributed by atoms with E-state index in [2.05, 4.69) is 10.3 Å². The number of carbonyl (C=O) groups is 1. The van der Waals surface area contributed by atoms with Crippen LogP contribution in [0.5, 0.6) is 5.75 Å². The van der Waals surface area contributed by atoms with Crippen molar-refractivity contribution in [3.8, 4) is 5.75 Å². The zero-order valence-electron chi connectivity index (χ0n) is 14.3. The second-order valence-electron chi connectivity index (χ2n) is 5.52. The molecule has 0 bridgehead atoms. The number of nitro groups is 1. The van der Waals surface area contributed by atoms with Crippen LogP contribution in [0, 0.1) is 17.0 Å². The average molecular weight is 424 g/mol. The Morgan fingerprint density at radius 1 is 1.41 bits per heavy atom. The lowest BCUT2D eigenvalue weighted by molar-refractivity contribution is -0.385. The molecule has 1 amide bonds. The minimum atomic E-state index is -0.521. The number of hydrogen-bond donors (Lipinski definition) is 1. The van der Waals surface area contributed by atoms with Gasteiger partial charge in [0.15, 0.2) is 10.1 Å². The van der Waals surface area contributed by atoms with E-state index in [0.29, 0.717) is 16.3 Å². The number of benzene rings is 2. The van der Waals surface area contributed by atoms with Gasteiger partial charge in [0.25, 0.3) is 0 Å². The molecule has 1 N–H and O–H groups in total. The molecule has 7 nitrogen and oxygen atoms in total. The van der Waals surface area contributed by atoms with Crippen LogP contribution in [0.2, 0.25) is 5.02 Å². The van der Waals surface area contributed by atoms with Crippen LogP contribution in [0.25, 0.3) is 10.2 Å². The first-order valence-corrected chi connectivity index (χ1v) is 9.87. The average Bonchev–Trinajstić information content (AvgIpc) is 3.03. The van der Waals surface area contributed by atoms with Crippen molar-refractivity contribution in [1.29, 1.82) is 0 Å². The quantitative estimate of drug-likeness (QED) is 0.344. The lowest BCUT2D eigenvalue weighted by Crippen LogP contribution is -2.15. The molecule has 1 aromatic heterocycles. The third-order valence-electron chi connectivity index (χ3n) is 3.65. The van der Waals surface area contributed by atoms with Crippen molar-refractivity contribution >= 4 is 62.2 Å². The van der Waals surface area contributed by atoms with Crippen LogP contribution >= 0.6 is 34.7 Å². The van der Waals surface area contributed by atoms with E-state index in [1.165, 1.54) is 42.3 Å². The number of nitro benzene ring substituents is 1. The molecule has 140 valence electrons. The summed E-state index contributed by atoms with van der Waals surface area (Å²) in [4.78, 5) is 27.2. The number of amides is 1. The van der Waals surface area contributed by atoms with Crippen molar-refractivity contribution in [1.82, 2.24) is 4.98 Å². The summed E-state index contributed by atoms with van der Waals surface area (Å²) < 4.78 is 6.80. The van der Waals surface area contributed by atoms with Gasteiger partial charge >= 0.3 is 5.69 Å². The summed E-state index contributed by atoms with van der Waals surface area (Å²) in [5.74, 6) is 0.0136. The van der Waals surface area contributed by atoms with Crippen LogP contribution in [-0.2, 0) is 4.79 Å². The van der Waals surface area contributed by atoms with Gasteiger partial charge in [-0.1, -0.05) is 23.4 Å². The monoisotopic (exact) mass is 423 g/mol. The number of aromatic nitrogens is 1. The number of halogens is 1. The summed E-state index contributed by atoms with van der Waals surface area (Å²) in [6.45, 7) is 1.69. The molecule has 3 aromatic rings. The van der Waals surface area contributed by atoms with Crippen LogP contribution in [-0.4, -0.2) is 28.7 Å². The molecule has 0 radical (unpaired) electrons. The van der Waals surface area contributed by atoms with E-state index in [0.717, 1.165) is 14.6 Å². The zero-order chi connectivity index (χ0) is 19.6. The predicted molar refractivity (Wildman–Crippen MR) is 108 cm³/mol. The number of hydrogen-bond acceptors (Lipinski definition) is 7. The molecule has 2 aromatic carbocycles. The van der Waals surface area contributed by atoms with Crippen molar-refractivity contribution in [2.24, 2.45) is 0 Å². The number of fused-ring (bicyclic) bond motifs is 1. The third kappa shape index (κ3) is 4.49. The normalized spacial score (nSPS) is 10.8. The minimum absolute atomic E-state index is 0.0941. The van der Waals surface area contributed by atoms with Gasteiger partial charge in [0.05, 0.1) is 28.0 Å². The Labute approximate surface area is 167 Å². The molecule has 0 aliphatic rings. The first kappa shape index (κ1) is 19.4. The zero-order valence-corrected chi connectivity index (χ0v) is 16.7. The number of carbonyl (C=O) groups excluding carboxylic acids is 1. The van der Waals surface area contributed by atoms with Gasteiger partial charge in [-0.05, 0) is 30.7 Å². The van der Waals surface area contributed by atoms with Gasteiger partial charge in [-0.15, -0.1) is 11.3 Å². The van der Waals surface area contributed by atoms with Crippen LogP contribution in [0.4, 0.5) is 11.4 Å². The second-order valence-corrected chi connectivity index (χ2v) is 8.21. The fourth-order valence-corrected chi connectivity index (χ4v) is 4.38. The first-order chi connectivity index (χ1) is 12.9. The van der Waals surface area contributed by atoms with Gasteiger partial charge in [-0.25, -0.2) is 4.98 Å². The number of nitrogens with one attached hydrogen (secondary N) is 1. The lowest BCUT2D eigenvalue weighted by Gasteiger charge is -2.10. The topological polar surface area (TPSA) is 94.4 Å². The molecule has 0 spiro atoms. The van der Waals surface area contributed by atoms with Crippen molar-refractivity contribution in [3.05, 3.63) is 51.0 Å². The molecule has 0 unspecified atom stereocenters. The highest BCUT2D eigenvalue weighted by Crippen LogP contribution is 2.34. The van der Waals surface area contributed by atoms with Crippen LogP contribution in [0.15, 0.2) is 34.7 Å². The Balaban J connectivity index is 1.69. The van der Waals surface area contributed by atoms with E-state index < -0.39 is 4.92 Å². The van der Waals surface area contributed by atoms with E-state index in [1.807, 2.05) is 6.07 Å². The van der Waals surface area contributed by atoms with E-state index in [-0.39, 0.29) is 23.1 Å². The number of rotatable bonds is 6. The summed E-state index contributed by atoms with van der Waals surface area (Å²) in [6.07, 6.45) is 0. The SMILES string of the molecule is COc1cc(NC(=O)CSc2nc3cc(Cl)ccc3s2)c(C)cc1[N+](=O)[O-]. The predicted octanol–water partition coefficient (Wildman–Crippen LogP) is 4.91. The lowest BCUT2D eigenvalue weighted by atomic mass is 10.1. The number of nitrogens with zero attached hydrogens (tertiary/aromatic N) is 2. The second kappa shape index (κ2) is 8.12. The number of thiazole rings is 1. The molecule has 27 heavy (non-hydrogen) atoms. The fourth-order valence-electron chi connectivity index (χ4n) is 2.37. The molecule has 0 saturated carbocycles. The van der Waals surface area contributed by atoms with Gasteiger partial charge in [0.1, 0.15) is 0 Å². The molecule has 0 atom stereocenters. The maximum atomic E-state index is 12.3. The van der Waals surface area contributed by atoms with Crippen molar-refractivity contribution in [2.75, 3.05) is 18.2 Å². The summed E-state index contributed by atoms with van der Waals surface area (Å²) in [5.41, 5.74) is 1.71. The highest BCUT2D eigenvalue weighted by atomic mass is 35.5. The fraction of sp³-hybridized carbons (Fsp3) is 0.176. The standard InChI is InChI=1S/C17H14ClN3O4S2/c1-9-5-13(21(23)24)14(25-2)7-11(9)19-16(22)8-26-17-20-12-6-10(18)3-4-15(12)27-17/h3-7H,8H2,1-2H3,(H,19,22).